The Kier molecular flexibility index (Phi) is 5.59. The van der Waals surface area contributed by atoms with Crippen LogP contribution in [0.15, 0.2) is 17.0 Å². The fourth-order valence-corrected chi connectivity index (χ4v) is 3.78. The second-order valence-corrected chi connectivity index (χ2v) is 9.21. The molecule has 1 aromatic rings. The van der Waals surface area contributed by atoms with Gasteiger partial charge in [0, 0.05) is 24.3 Å². The molecule has 0 fully saturated rings. The smallest absolute Gasteiger partial charge is 0.262 e. The molecule has 0 aliphatic heterocycles. The van der Waals surface area contributed by atoms with Crippen LogP contribution in [0, 0.1) is 5.41 Å². The summed E-state index contributed by atoms with van der Waals surface area (Å²) in [6.07, 6.45) is 0. The van der Waals surface area contributed by atoms with E-state index < -0.39 is 15.0 Å². The number of hydrogen-bond acceptors (Lipinski definition) is 3. The largest absolute Gasteiger partial charge is 0.341 e. The molecule has 0 aliphatic rings. The van der Waals surface area contributed by atoms with E-state index in [1.165, 1.54) is 17.0 Å². The Hall–Kier alpha value is -0.490. The number of hydrogen-bond donors (Lipinski definition) is 0. The van der Waals surface area contributed by atoms with Gasteiger partial charge in [0.15, 0.2) is 0 Å². The van der Waals surface area contributed by atoms with Gasteiger partial charge >= 0.3 is 0 Å². The van der Waals surface area contributed by atoms with E-state index in [0.717, 1.165) is 0 Å². The van der Waals surface area contributed by atoms with Crippen LogP contribution in [0.4, 0.5) is 0 Å². The maximum absolute atomic E-state index is 12.5. The molecule has 0 N–H and O–H groups in total. The Labute approximate surface area is 139 Å². The summed E-state index contributed by atoms with van der Waals surface area (Å²) in [7, 11) is 2.84. The van der Waals surface area contributed by atoms with Crippen molar-refractivity contribution >= 4 is 48.8 Å². The highest BCUT2D eigenvalue weighted by Gasteiger charge is 2.27. The molecule has 8 heteroatoms. The normalized spacial score (nSPS) is 12.3. The van der Waals surface area contributed by atoms with Crippen LogP contribution in [-0.4, -0.2) is 32.8 Å². The first-order chi connectivity index (χ1) is 9.34. The zero-order valence-electron chi connectivity index (χ0n) is 12.1. The summed E-state index contributed by atoms with van der Waals surface area (Å²) >= 11 is 12.0. The third-order valence-electron chi connectivity index (χ3n) is 2.59. The molecule has 1 rings (SSSR count). The molecule has 1 amide bonds. The van der Waals surface area contributed by atoms with E-state index in [1.54, 1.807) is 7.05 Å². The van der Waals surface area contributed by atoms with Crippen LogP contribution in [0.2, 0.25) is 10.0 Å². The van der Waals surface area contributed by atoms with E-state index in [4.69, 9.17) is 33.9 Å². The van der Waals surface area contributed by atoms with E-state index in [9.17, 15) is 13.2 Å². The molecule has 0 unspecified atom stereocenters. The molecule has 4 nitrogen and oxygen atoms in total. The summed E-state index contributed by atoms with van der Waals surface area (Å²) in [6, 6.07) is 2.47. The van der Waals surface area contributed by atoms with E-state index in [0.29, 0.717) is 6.54 Å². The van der Waals surface area contributed by atoms with Crippen molar-refractivity contribution in [2.75, 3.05) is 13.6 Å². The van der Waals surface area contributed by atoms with Crippen LogP contribution in [0.5, 0.6) is 0 Å². The SMILES string of the molecule is CN(CC(C)(C)C)C(=O)c1c(Cl)ccc(S(=O)(=O)Cl)c1Cl. The van der Waals surface area contributed by atoms with Crippen LogP contribution >= 0.6 is 33.9 Å². The summed E-state index contributed by atoms with van der Waals surface area (Å²) in [5.41, 5.74) is -0.189. The Morgan fingerprint density at radius 1 is 1.24 bits per heavy atom. The minimum absolute atomic E-state index is 0.0631. The molecule has 0 aromatic heterocycles. The molecular formula is C13H16Cl3NO3S. The average molecular weight is 373 g/mol. The first-order valence-corrected chi connectivity index (χ1v) is 9.09. The van der Waals surface area contributed by atoms with Crippen molar-refractivity contribution in [3.63, 3.8) is 0 Å². The molecule has 0 aliphatic carbocycles. The lowest BCUT2D eigenvalue weighted by Gasteiger charge is -2.27. The van der Waals surface area contributed by atoms with Crippen LogP contribution < -0.4 is 0 Å². The summed E-state index contributed by atoms with van der Waals surface area (Å²) in [6.45, 7) is 6.37. The summed E-state index contributed by atoms with van der Waals surface area (Å²) in [5, 5.41) is -0.182. The lowest BCUT2D eigenvalue weighted by molar-refractivity contribution is 0.0746. The molecule has 118 valence electrons. The van der Waals surface area contributed by atoms with Crippen molar-refractivity contribution in [1.29, 1.82) is 0 Å². The Morgan fingerprint density at radius 3 is 2.19 bits per heavy atom. The highest BCUT2D eigenvalue weighted by atomic mass is 35.7. The van der Waals surface area contributed by atoms with Gasteiger partial charge in [-0.2, -0.15) is 0 Å². The highest BCUT2D eigenvalue weighted by Crippen LogP contribution is 2.33. The first kappa shape index (κ1) is 18.6. The van der Waals surface area contributed by atoms with Crippen LogP contribution in [-0.2, 0) is 9.05 Å². The fourth-order valence-electron chi connectivity index (χ4n) is 1.89. The summed E-state index contributed by atoms with van der Waals surface area (Å²) in [5.74, 6) is -0.456. The first-order valence-electron chi connectivity index (χ1n) is 6.03. The third kappa shape index (κ3) is 4.74. The number of carbonyl (C=O) groups excluding carboxylic acids is 1. The predicted molar refractivity (Wildman–Crippen MR) is 85.9 cm³/mol. The Bertz CT molecular complexity index is 666. The van der Waals surface area contributed by atoms with Gasteiger partial charge in [-0.3, -0.25) is 4.79 Å². The standard InChI is InChI=1S/C13H16Cl3NO3S/c1-13(2,3)7-17(4)12(18)10-8(14)5-6-9(11(10)15)21(16,19)20/h5-6H,7H2,1-4H3. The molecular weight excluding hydrogens is 357 g/mol. The molecule has 0 atom stereocenters. The van der Waals surface area contributed by atoms with Crippen LogP contribution in [0.25, 0.3) is 0 Å². The van der Waals surface area contributed by atoms with Gasteiger partial charge in [-0.05, 0) is 17.5 Å². The second-order valence-electron chi connectivity index (χ2n) is 5.89. The average Bonchev–Trinajstić information content (AvgIpc) is 2.24. The molecule has 0 spiro atoms. The van der Waals surface area contributed by atoms with Crippen LogP contribution in [0.3, 0.4) is 0 Å². The van der Waals surface area contributed by atoms with Crippen molar-refractivity contribution in [1.82, 2.24) is 4.90 Å². The van der Waals surface area contributed by atoms with Gasteiger partial charge in [-0.1, -0.05) is 44.0 Å². The topological polar surface area (TPSA) is 54.5 Å². The number of nitrogens with zero attached hydrogens (tertiary/aromatic N) is 1. The van der Waals surface area contributed by atoms with Crippen molar-refractivity contribution in [3.05, 3.63) is 27.7 Å². The van der Waals surface area contributed by atoms with E-state index in [-0.39, 0.29) is 25.9 Å². The number of rotatable bonds is 3. The maximum atomic E-state index is 12.5. The van der Waals surface area contributed by atoms with Gasteiger partial charge in [-0.25, -0.2) is 8.42 Å². The summed E-state index contributed by atoms with van der Waals surface area (Å²) in [4.78, 5) is 13.6. The molecule has 21 heavy (non-hydrogen) atoms. The second kappa shape index (κ2) is 6.32. The maximum Gasteiger partial charge on any atom is 0.262 e. The molecule has 0 radical (unpaired) electrons. The van der Waals surface area contributed by atoms with Gasteiger partial charge in [0.2, 0.25) is 0 Å². The number of benzene rings is 1. The minimum atomic E-state index is -4.06. The van der Waals surface area contributed by atoms with E-state index in [2.05, 4.69) is 0 Å². The predicted octanol–water partition coefficient (Wildman–Crippen LogP) is 4.04. The zero-order valence-corrected chi connectivity index (χ0v) is 15.2. The minimum Gasteiger partial charge on any atom is -0.341 e. The monoisotopic (exact) mass is 371 g/mol. The lowest BCUT2D eigenvalue weighted by atomic mass is 9.96. The number of halogens is 3. The van der Waals surface area contributed by atoms with Gasteiger partial charge in [0.25, 0.3) is 15.0 Å². The third-order valence-corrected chi connectivity index (χ3v) is 4.77. The van der Waals surface area contributed by atoms with Crippen molar-refractivity contribution in [3.8, 4) is 0 Å². The highest BCUT2D eigenvalue weighted by molar-refractivity contribution is 8.13. The molecule has 0 heterocycles. The lowest BCUT2D eigenvalue weighted by Crippen LogP contribution is -2.34. The number of amides is 1. The summed E-state index contributed by atoms with van der Waals surface area (Å²) < 4.78 is 22.9. The van der Waals surface area contributed by atoms with Crippen LogP contribution in [0.1, 0.15) is 31.1 Å². The Balaban J connectivity index is 3.34. The van der Waals surface area contributed by atoms with E-state index >= 15 is 0 Å². The zero-order chi connectivity index (χ0) is 16.6. The number of carbonyl (C=O) groups is 1. The molecule has 0 saturated carbocycles. The van der Waals surface area contributed by atoms with Crippen molar-refractivity contribution in [2.45, 2.75) is 25.7 Å². The van der Waals surface area contributed by atoms with Gasteiger partial charge in [0.1, 0.15) is 4.90 Å². The Morgan fingerprint density at radius 2 is 1.76 bits per heavy atom. The fraction of sp³-hybridized carbons (Fsp3) is 0.462. The van der Waals surface area contributed by atoms with Gasteiger partial charge in [0.05, 0.1) is 15.6 Å². The van der Waals surface area contributed by atoms with E-state index in [1.807, 2.05) is 20.8 Å². The van der Waals surface area contributed by atoms with Crippen molar-refractivity contribution in [2.24, 2.45) is 5.41 Å². The van der Waals surface area contributed by atoms with Gasteiger partial charge in [-0.15, -0.1) is 0 Å². The molecule has 1 aromatic carbocycles. The quantitative estimate of drug-likeness (QED) is 0.752. The molecule has 0 saturated heterocycles. The molecule has 0 bridgehead atoms. The van der Waals surface area contributed by atoms with Gasteiger partial charge < -0.3 is 4.90 Å². The van der Waals surface area contributed by atoms with Crippen molar-refractivity contribution < 1.29 is 13.2 Å².